The number of carbonyl (C=O) groups is 2. The van der Waals surface area contributed by atoms with Crippen LogP contribution in [0.5, 0.6) is 0 Å². The normalized spacial score (nSPS) is 19.7. The number of aryl methyl sites for hydroxylation is 1. The van der Waals surface area contributed by atoms with Crippen LogP contribution >= 0.6 is 11.6 Å². The first kappa shape index (κ1) is 20.7. The van der Waals surface area contributed by atoms with Crippen molar-refractivity contribution < 1.29 is 27.9 Å². The molecule has 2 heterocycles. The third kappa shape index (κ3) is 3.66. The number of amides is 2. The summed E-state index contributed by atoms with van der Waals surface area (Å²) in [6.07, 6.45) is -2.57. The number of hydrogen-bond acceptors (Lipinski definition) is 3. The summed E-state index contributed by atoms with van der Waals surface area (Å²) in [6, 6.07) is 2.33. The molecule has 4 rings (SSSR count). The van der Waals surface area contributed by atoms with Crippen LogP contribution in [0.3, 0.4) is 0 Å². The third-order valence-electron chi connectivity index (χ3n) is 5.73. The molecule has 1 fully saturated rings. The van der Waals surface area contributed by atoms with Crippen LogP contribution in [0.2, 0.25) is 5.02 Å². The minimum Gasteiger partial charge on any atom is -0.465 e. The summed E-state index contributed by atoms with van der Waals surface area (Å²) in [5.74, 6) is -0.806. The predicted molar refractivity (Wildman–Crippen MR) is 104 cm³/mol. The number of hydrogen-bond donors (Lipinski definition) is 1. The highest BCUT2D eigenvalue weighted by molar-refractivity contribution is 6.36. The molecule has 30 heavy (non-hydrogen) atoms. The molecule has 1 atom stereocenters. The summed E-state index contributed by atoms with van der Waals surface area (Å²) in [5, 5.41) is 10.3. The molecule has 1 unspecified atom stereocenters. The lowest BCUT2D eigenvalue weighted by Crippen LogP contribution is -2.61. The van der Waals surface area contributed by atoms with Gasteiger partial charge in [-0.15, -0.1) is 0 Å². The van der Waals surface area contributed by atoms with Gasteiger partial charge in [0.25, 0.3) is 5.91 Å². The molecule has 0 spiro atoms. The predicted octanol–water partition coefficient (Wildman–Crippen LogP) is 4.13. The number of piperazine rings is 1. The minimum absolute atomic E-state index is 0.0693. The van der Waals surface area contributed by atoms with E-state index >= 15 is 0 Å². The molecule has 1 aliphatic carbocycles. The lowest BCUT2D eigenvalue weighted by molar-refractivity contribution is -0.186. The molecule has 0 bridgehead atoms. The summed E-state index contributed by atoms with van der Waals surface area (Å²) >= 11 is 6.52. The molecule has 10 heteroatoms. The number of halogens is 4. The van der Waals surface area contributed by atoms with E-state index in [9.17, 15) is 22.8 Å². The molecule has 2 amide bonds. The van der Waals surface area contributed by atoms with Gasteiger partial charge in [-0.2, -0.15) is 13.2 Å². The number of fused-ring (bicyclic) bond motifs is 2. The van der Waals surface area contributed by atoms with Crippen LogP contribution in [0, 0.1) is 0 Å². The van der Waals surface area contributed by atoms with E-state index in [4.69, 9.17) is 16.7 Å². The Balaban J connectivity index is 1.69. The van der Waals surface area contributed by atoms with Crippen LogP contribution < -0.4 is 0 Å². The fourth-order valence-corrected chi connectivity index (χ4v) is 4.51. The van der Waals surface area contributed by atoms with Gasteiger partial charge in [0, 0.05) is 29.7 Å². The fourth-order valence-electron chi connectivity index (χ4n) is 4.15. The molecular formula is C20H19ClF3N3O3. The van der Waals surface area contributed by atoms with E-state index in [-0.39, 0.29) is 18.7 Å². The quantitative estimate of drug-likeness (QED) is 0.722. The number of carbonyl (C=O) groups excluding carboxylic acids is 1. The summed E-state index contributed by atoms with van der Waals surface area (Å²) < 4.78 is 40.7. The molecule has 6 nitrogen and oxygen atoms in total. The lowest BCUT2D eigenvalue weighted by Gasteiger charge is -2.41. The number of benzene rings is 1. The van der Waals surface area contributed by atoms with Crippen LogP contribution in [0.15, 0.2) is 18.2 Å². The SMILES string of the molecule is O=C(O)N1CCN(C(=O)c2ccc3c(Cl)c4c(nc3c2)CCCC4)C(C(F)(F)F)C1. The number of rotatable bonds is 1. The second-order valence-electron chi connectivity index (χ2n) is 7.57. The number of carboxylic acid groups (broad SMARTS) is 1. The highest BCUT2D eigenvalue weighted by atomic mass is 35.5. The van der Waals surface area contributed by atoms with E-state index in [1.165, 1.54) is 12.1 Å². The van der Waals surface area contributed by atoms with Crippen LogP contribution in [-0.2, 0) is 12.8 Å². The zero-order valence-electron chi connectivity index (χ0n) is 15.9. The third-order valence-corrected chi connectivity index (χ3v) is 6.16. The van der Waals surface area contributed by atoms with Gasteiger partial charge < -0.3 is 14.9 Å². The smallest absolute Gasteiger partial charge is 0.410 e. The van der Waals surface area contributed by atoms with Crippen LogP contribution in [0.1, 0.15) is 34.5 Å². The van der Waals surface area contributed by atoms with Gasteiger partial charge in [0.2, 0.25) is 0 Å². The van der Waals surface area contributed by atoms with Crippen molar-refractivity contribution in [2.24, 2.45) is 0 Å². The summed E-state index contributed by atoms with van der Waals surface area (Å²) in [7, 11) is 0. The summed E-state index contributed by atoms with van der Waals surface area (Å²) in [4.78, 5) is 30.0. The first-order chi connectivity index (χ1) is 14.2. The van der Waals surface area contributed by atoms with Crippen molar-refractivity contribution in [1.82, 2.24) is 14.8 Å². The van der Waals surface area contributed by atoms with E-state index in [0.717, 1.165) is 36.9 Å². The summed E-state index contributed by atoms with van der Waals surface area (Å²) in [6.45, 7) is -1.33. The Labute approximate surface area is 175 Å². The fraction of sp³-hybridized carbons (Fsp3) is 0.450. The molecule has 2 aliphatic rings. The monoisotopic (exact) mass is 441 g/mol. The first-order valence-electron chi connectivity index (χ1n) is 9.63. The number of aromatic nitrogens is 1. The van der Waals surface area contributed by atoms with Crippen molar-refractivity contribution in [3.8, 4) is 0 Å². The first-order valence-corrected chi connectivity index (χ1v) is 10.0. The van der Waals surface area contributed by atoms with E-state index < -0.39 is 30.8 Å². The molecule has 160 valence electrons. The molecule has 1 aromatic carbocycles. The molecular weight excluding hydrogens is 423 g/mol. The van der Waals surface area contributed by atoms with Crippen LogP contribution in [0.25, 0.3) is 10.9 Å². The molecule has 1 aromatic heterocycles. The Morgan fingerprint density at radius 1 is 1.17 bits per heavy atom. The Morgan fingerprint density at radius 2 is 1.90 bits per heavy atom. The molecule has 0 saturated carbocycles. The largest absolute Gasteiger partial charge is 0.465 e. The van der Waals surface area contributed by atoms with Gasteiger partial charge in [0.15, 0.2) is 0 Å². The molecule has 2 aromatic rings. The van der Waals surface area contributed by atoms with Crippen LogP contribution in [0.4, 0.5) is 18.0 Å². The second kappa shape index (κ2) is 7.61. The van der Waals surface area contributed by atoms with Crippen molar-refractivity contribution in [1.29, 1.82) is 0 Å². The average Bonchev–Trinajstić information content (AvgIpc) is 2.72. The Hall–Kier alpha value is -2.55. The van der Waals surface area contributed by atoms with Crippen LogP contribution in [-0.4, -0.2) is 63.7 Å². The van der Waals surface area contributed by atoms with Gasteiger partial charge in [-0.1, -0.05) is 17.7 Å². The molecule has 1 aliphatic heterocycles. The van der Waals surface area contributed by atoms with Crippen molar-refractivity contribution in [2.75, 3.05) is 19.6 Å². The minimum atomic E-state index is -4.75. The molecule has 0 radical (unpaired) electrons. The van der Waals surface area contributed by atoms with E-state index in [2.05, 4.69) is 4.98 Å². The van der Waals surface area contributed by atoms with Crippen molar-refractivity contribution in [2.45, 2.75) is 37.9 Å². The van der Waals surface area contributed by atoms with Gasteiger partial charge in [-0.05, 0) is 43.4 Å². The zero-order valence-corrected chi connectivity index (χ0v) is 16.6. The number of pyridine rings is 1. The van der Waals surface area contributed by atoms with Gasteiger partial charge in [0.05, 0.1) is 17.1 Å². The van der Waals surface area contributed by atoms with E-state index in [0.29, 0.717) is 25.7 Å². The number of nitrogens with zero attached hydrogens (tertiary/aromatic N) is 3. The second-order valence-corrected chi connectivity index (χ2v) is 7.95. The Morgan fingerprint density at radius 3 is 2.60 bits per heavy atom. The van der Waals surface area contributed by atoms with Gasteiger partial charge in [-0.25, -0.2) is 4.79 Å². The maximum absolute atomic E-state index is 13.6. The van der Waals surface area contributed by atoms with Crippen molar-refractivity contribution in [3.05, 3.63) is 40.0 Å². The van der Waals surface area contributed by atoms with Crippen molar-refractivity contribution >= 4 is 34.5 Å². The van der Waals surface area contributed by atoms with E-state index in [1.807, 2.05) is 0 Å². The number of alkyl halides is 3. The maximum Gasteiger partial charge on any atom is 0.410 e. The van der Waals surface area contributed by atoms with Gasteiger partial charge >= 0.3 is 12.3 Å². The average molecular weight is 442 g/mol. The summed E-state index contributed by atoms with van der Waals surface area (Å²) in [5.41, 5.74) is 2.40. The van der Waals surface area contributed by atoms with Crippen molar-refractivity contribution in [3.63, 3.8) is 0 Å². The zero-order chi connectivity index (χ0) is 21.6. The Kier molecular flexibility index (Phi) is 5.25. The maximum atomic E-state index is 13.6. The lowest BCUT2D eigenvalue weighted by atomic mass is 9.94. The van der Waals surface area contributed by atoms with E-state index in [1.54, 1.807) is 6.07 Å². The Bertz CT molecular complexity index is 1030. The van der Waals surface area contributed by atoms with Gasteiger partial charge in [-0.3, -0.25) is 9.78 Å². The van der Waals surface area contributed by atoms with Gasteiger partial charge in [0.1, 0.15) is 6.04 Å². The highest BCUT2D eigenvalue weighted by Gasteiger charge is 2.49. The standard InChI is InChI=1S/C20H19ClF3N3O3/c21-17-12-3-1-2-4-14(12)25-15-9-11(5-6-13(15)17)18(28)27-8-7-26(19(29)30)10-16(27)20(22,23)24/h5-6,9,16H,1-4,7-8,10H2,(H,29,30). The highest BCUT2D eigenvalue weighted by Crippen LogP contribution is 2.34. The molecule has 1 saturated heterocycles. The molecule has 1 N–H and O–H groups in total. The topological polar surface area (TPSA) is 73.7 Å².